The molecule has 0 spiro atoms. The summed E-state index contributed by atoms with van der Waals surface area (Å²) in [6.07, 6.45) is 20.5. The fourth-order valence-corrected chi connectivity index (χ4v) is 4.30. The van der Waals surface area contributed by atoms with Crippen molar-refractivity contribution in [3.05, 3.63) is 12.2 Å². The van der Waals surface area contributed by atoms with Crippen LogP contribution >= 0.6 is 0 Å². The average molecular weight is 306 g/mol. The molecule has 0 aromatic rings. The Bertz CT molecular complexity index is 299. The summed E-state index contributed by atoms with van der Waals surface area (Å²) in [5.41, 5.74) is 0. The molecule has 1 heterocycles. The highest BCUT2D eigenvalue weighted by atomic mass is 15.1. The van der Waals surface area contributed by atoms with Crippen molar-refractivity contribution in [1.82, 2.24) is 4.90 Å². The van der Waals surface area contributed by atoms with Crippen molar-refractivity contribution in [3.8, 4) is 0 Å². The second-order valence-electron chi connectivity index (χ2n) is 8.14. The fourth-order valence-electron chi connectivity index (χ4n) is 4.30. The maximum absolute atomic E-state index is 2.78. The number of hydrogen-bond donors (Lipinski definition) is 0. The first-order valence-electron chi connectivity index (χ1n) is 10.1. The van der Waals surface area contributed by atoms with E-state index in [2.05, 4.69) is 30.9 Å². The molecule has 1 nitrogen and oxygen atoms in total. The van der Waals surface area contributed by atoms with E-state index in [4.69, 9.17) is 0 Å². The highest BCUT2D eigenvalue weighted by Gasteiger charge is 2.23. The zero-order valence-electron chi connectivity index (χ0n) is 15.2. The van der Waals surface area contributed by atoms with Crippen molar-refractivity contribution < 1.29 is 0 Å². The SMILES string of the molecule is CC(C)C1CCN(CC2CCC/C=C\CCCCCC2)CC1. The third-order valence-electron chi connectivity index (χ3n) is 5.97. The molecule has 0 N–H and O–H groups in total. The summed E-state index contributed by atoms with van der Waals surface area (Å²) in [6, 6.07) is 0. The average Bonchev–Trinajstić information content (AvgIpc) is 2.50. The van der Waals surface area contributed by atoms with Crippen LogP contribution in [0.5, 0.6) is 0 Å². The molecule has 22 heavy (non-hydrogen) atoms. The van der Waals surface area contributed by atoms with Gasteiger partial charge in [0.25, 0.3) is 0 Å². The molecule has 0 aromatic carbocycles. The molecule has 2 aliphatic rings. The van der Waals surface area contributed by atoms with E-state index in [-0.39, 0.29) is 0 Å². The molecule has 0 radical (unpaired) electrons. The monoisotopic (exact) mass is 305 g/mol. The van der Waals surface area contributed by atoms with Gasteiger partial charge in [0, 0.05) is 6.54 Å². The molecule has 1 aliphatic heterocycles. The Hall–Kier alpha value is -0.300. The van der Waals surface area contributed by atoms with Crippen LogP contribution in [-0.4, -0.2) is 24.5 Å². The summed E-state index contributed by atoms with van der Waals surface area (Å²) in [5.74, 6) is 2.83. The highest BCUT2D eigenvalue weighted by molar-refractivity contribution is 4.83. The van der Waals surface area contributed by atoms with Crippen LogP contribution in [0, 0.1) is 17.8 Å². The molecule has 1 saturated heterocycles. The Balaban J connectivity index is 1.73. The third kappa shape index (κ3) is 6.86. The van der Waals surface area contributed by atoms with Crippen LogP contribution in [0.1, 0.15) is 84.5 Å². The lowest BCUT2D eigenvalue weighted by molar-refractivity contribution is 0.133. The lowest BCUT2D eigenvalue weighted by Gasteiger charge is -2.36. The molecule has 1 heteroatoms. The summed E-state index contributed by atoms with van der Waals surface area (Å²) in [6.45, 7) is 8.91. The second kappa shape index (κ2) is 10.5. The van der Waals surface area contributed by atoms with Gasteiger partial charge in [-0.05, 0) is 82.2 Å². The molecule has 0 saturated carbocycles. The number of piperidine rings is 1. The van der Waals surface area contributed by atoms with E-state index in [1.807, 2.05) is 0 Å². The van der Waals surface area contributed by atoms with Gasteiger partial charge in [-0.2, -0.15) is 0 Å². The Kier molecular flexibility index (Phi) is 8.59. The summed E-state index contributed by atoms with van der Waals surface area (Å²) < 4.78 is 0. The Labute approximate surface area is 139 Å². The van der Waals surface area contributed by atoms with Gasteiger partial charge in [-0.3, -0.25) is 0 Å². The predicted octanol–water partition coefficient (Wildman–Crippen LogP) is 6.05. The van der Waals surface area contributed by atoms with Gasteiger partial charge in [0.2, 0.25) is 0 Å². The number of hydrogen-bond acceptors (Lipinski definition) is 1. The number of likely N-dealkylation sites (tertiary alicyclic amines) is 1. The molecular weight excluding hydrogens is 266 g/mol. The van der Waals surface area contributed by atoms with Crippen molar-refractivity contribution in [2.24, 2.45) is 17.8 Å². The van der Waals surface area contributed by atoms with Crippen LogP contribution in [-0.2, 0) is 0 Å². The smallest absolute Gasteiger partial charge is 0.000966 e. The first-order valence-corrected chi connectivity index (χ1v) is 10.1. The largest absolute Gasteiger partial charge is 0.303 e. The first-order chi connectivity index (χ1) is 10.8. The number of allylic oxidation sites excluding steroid dienone is 2. The summed E-state index contributed by atoms with van der Waals surface area (Å²) in [5, 5.41) is 0. The van der Waals surface area contributed by atoms with Crippen LogP contribution in [0.25, 0.3) is 0 Å². The van der Waals surface area contributed by atoms with Gasteiger partial charge in [0.1, 0.15) is 0 Å². The molecule has 1 unspecified atom stereocenters. The van der Waals surface area contributed by atoms with E-state index in [0.29, 0.717) is 0 Å². The third-order valence-corrected chi connectivity index (χ3v) is 5.97. The van der Waals surface area contributed by atoms with Crippen molar-refractivity contribution >= 4 is 0 Å². The van der Waals surface area contributed by atoms with Crippen molar-refractivity contribution in [3.63, 3.8) is 0 Å². The second-order valence-corrected chi connectivity index (χ2v) is 8.14. The van der Waals surface area contributed by atoms with Gasteiger partial charge in [-0.1, -0.05) is 45.3 Å². The quantitative estimate of drug-likeness (QED) is 0.574. The fraction of sp³-hybridized carbons (Fsp3) is 0.905. The van der Waals surface area contributed by atoms with E-state index in [0.717, 1.165) is 17.8 Å². The van der Waals surface area contributed by atoms with Crippen LogP contribution in [0.4, 0.5) is 0 Å². The molecule has 0 bridgehead atoms. The predicted molar refractivity (Wildman–Crippen MR) is 98.2 cm³/mol. The Morgan fingerprint density at radius 1 is 0.818 bits per heavy atom. The zero-order valence-corrected chi connectivity index (χ0v) is 15.2. The molecule has 1 aliphatic carbocycles. The topological polar surface area (TPSA) is 3.24 Å². The van der Waals surface area contributed by atoms with E-state index in [1.54, 1.807) is 0 Å². The van der Waals surface area contributed by atoms with E-state index in [9.17, 15) is 0 Å². The maximum Gasteiger partial charge on any atom is 0.000966 e. The zero-order chi connectivity index (χ0) is 15.6. The maximum atomic E-state index is 2.78. The Morgan fingerprint density at radius 2 is 1.45 bits per heavy atom. The lowest BCUT2D eigenvalue weighted by Crippen LogP contribution is -2.38. The Morgan fingerprint density at radius 3 is 2.18 bits per heavy atom. The van der Waals surface area contributed by atoms with E-state index >= 15 is 0 Å². The van der Waals surface area contributed by atoms with Crippen molar-refractivity contribution in [1.29, 1.82) is 0 Å². The molecular formula is C21H39N. The molecule has 1 fully saturated rings. The van der Waals surface area contributed by atoms with Gasteiger partial charge in [0.15, 0.2) is 0 Å². The lowest BCUT2D eigenvalue weighted by atomic mass is 9.86. The standard InChI is InChI=1S/C21H39N/c1-19(2)21-14-16-22(17-15-21)18-20-12-10-8-6-4-3-5-7-9-11-13-20/h4,6,19-21H,3,5,7-18H2,1-2H3/b6-4-. The summed E-state index contributed by atoms with van der Waals surface area (Å²) in [7, 11) is 0. The van der Waals surface area contributed by atoms with Crippen LogP contribution in [0.15, 0.2) is 12.2 Å². The minimum absolute atomic E-state index is 0.885. The summed E-state index contributed by atoms with van der Waals surface area (Å²) in [4.78, 5) is 2.78. The van der Waals surface area contributed by atoms with Crippen molar-refractivity contribution in [2.45, 2.75) is 84.5 Å². The highest BCUT2D eigenvalue weighted by Crippen LogP contribution is 2.27. The molecule has 2 rings (SSSR count). The van der Waals surface area contributed by atoms with Gasteiger partial charge in [0.05, 0.1) is 0 Å². The van der Waals surface area contributed by atoms with Gasteiger partial charge in [-0.15, -0.1) is 0 Å². The van der Waals surface area contributed by atoms with Crippen LogP contribution in [0.3, 0.4) is 0 Å². The van der Waals surface area contributed by atoms with Gasteiger partial charge in [-0.25, -0.2) is 0 Å². The van der Waals surface area contributed by atoms with Gasteiger partial charge >= 0.3 is 0 Å². The van der Waals surface area contributed by atoms with E-state index in [1.165, 1.54) is 90.3 Å². The number of rotatable bonds is 3. The first kappa shape index (κ1) is 18.0. The molecule has 0 amide bonds. The van der Waals surface area contributed by atoms with E-state index < -0.39 is 0 Å². The van der Waals surface area contributed by atoms with Crippen LogP contribution in [0.2, 0.25) is 0 Å². The van der Waals surface area contributed by atoms with Crippen LogP contribution < -0.4 is 0 Å². The molecule has 128 valence electrons. The van der Waals surface area contributed by atoms with Gasteiger partial charge < -0.3 is 4.90 Å². The molecule has 0 aromatic heterocycles. The minimum Gasteiger partial charge on any atom is -0.303 e. The minimum atomic E-state index is 0.885. The summed E-state index contributed by atoms with van der Waals surface area (Å²) >= 11 is 0. The normalized spacial score (nSPS) is 29.0. The number of nitrogens with zero attached hydrogens (tertiary/aromatic N) is 1. The molecule has 1 atom stereocenters. The van der Waals surface area contributed by atoms with Crippen molar-refractivity contribution in [2.75, 3.05) is 19.6 Å².